The first-order chi connectivity index (χ1) is 9.49. The zero-order valence-corrected chi connectivity index (χ0v) is 11.1. The monoisotopic (exact) mass is 277 g/mol. The van der Waals surface area contributed by atoms with E-state index < -0.39 is 5.97 Å². The van der Waals surface area contributed by atoms with Gasteiger partial charge in [-0.2, -0.15) is 0 Å². The van der Waals surface area contributed by atoms with Gasteiger partial charge in [0.15, 0.2) is 0 Å². The molecule has 0 fully saturated rings. The highest BCUT2D eigenvalue weighted by Crippen LogP contribution is 2.32. The average Bonchev–Trinajstić information content (AvgIpc) is 2.54. The van der Waals surface area contributed by atoms with Crippen molar-refractivity contribution in [1.29, 1.82) is 0 Å². The lowest BCUT2D eigenvalue weighted by molar-refractivity contribution is -0.119. The molecule has 0 spiro atoms. The summed E-state index contributed by atoms with van der Waals surface area (Å²) in [5.74, 6) is -0.832. The van der Waals surface area contributed by atoms with Crippen LogP contribution in [-0.2, 0) is 9.59 Å². The summed E-state index contributed by atoms with van der Waals surface area (Å²) in [6.07, 6.45) is 0.459. The van der Waals surface area contributed by atoms with E-state index in [0.717, 1.165) is 0 Å². The number of carbonyl (C=O) groups is 3. The van der Waals surface area contributed by atoms with Crippen molar-refractivity contribution in [2.45, 2.75) is 19.8 Å². The maximum absolute atomic E-state index is 12.0. The summed E-state index contributed by atoms with van der Waals surface area (Å²) in [7, 11) is 0. The minimum Gasteiger partial charge on any atom is -0.491 e. The van der Waals surface area contributed by atoms with Crippen LogP contribution in [0, 0.1) is 0 Å². The molecule has 20 heavy (non-hydrogen) atoms. The van der Waals surface area contributed by atoms with Crippen LogP contribution in [0.3, 0.4) is 0 Å². The highest BCUT2D eigenvalue weighted by atomic mass is 16.5. The van der Waals surface area contributed by atoms with Crippen LogP contribution in [0.2, 0.25) is 0 Å². The Morgan fingerprint density at radius 3 is 2.80 bits per heavy atom. The number of fused-ring (bicyclic) bond motifs is 1. The first kappa shape index (κ1) is 14.0. The van der Waals surface area contributed by atoms with Gasteiger partial charge in [0.25, 0.3) is 0 Å². The molecule has 1 aromatic carbocycles. The molecule has 6 heteroatoms. The molecule has 106 valence electrons. The number of carboxylic acids is 1. The van der Waals surface area contributed by atoms with Gasteiger partial charge < -0.3 is 14.7 Å². The summed E-state index contributed by atoms with van der Waals surface area (Å²) in [5.41, 5.74) is 0.614. The quantitative estimate of drug-likeness (QED) is 0.901. The molecule has 0 aliphatic carbocycles. The molecule has 0 saturated carbocycles. The molecule has 1 heterocycles. The molecule has 1 N–H and O–H groups in total. The number of rotatable bonds is 4. The molecule has 1 aliphatic heterocycles. The maximum Gasteiger partial charge on any atom is 0.335 e. The first-order valence-corrected chi connectivity index (χ1v) is 6.29. The number of carbonyl (C=O) groups excluding carboxylic acids is 2. The van der Waals surface area contributed by atoms with E-state index in [0.29, 0.717) is 11.4 Å². The van der Waals surface area contributed by atoms with Gasteiger partial charge in [-0.3, -0.25) is 9.59 Å². The van der Waals surface area contributed by atoms with E-state index in [1.807, 2.05) is 0 Å². The zero-order valence-electron chi connectivity index (χ0n) is 11.1. The van der Waals surface area contributed by atoms with E-state index in [1.165, 1.54) is 24.0 Å². The minimum atomic E-state index is -1.05. The SMILES string of the molecule is CC(=O)CCN1C(=O)CCOc2cc(C(=O)O)ccc21. The Hall–Kier alpha value is -2.37. The molecule has 1 aromatic rings. The number of anilines is 1. The summed E-state index contributed by atoms with van der Waals surface area (Å²) in [6, 6.07) is 4.36. The zero-order chi connectivity index (χ0) is 14.7. The molecule has 1 aliphatic rings. The fraction of sp³-hybridized carbons (Fsp3) is 0.357. The minimum absolute atomic E-state index is 0.00771. The third-order valence-corrected chi connectivity index (χ3v) is 3.06. The summed E-state index contributed by atoms with van der Waals surface area (Å²) < 4.78 is 5.44. The van der Waals surface area contributed by atoms with Gasteiger partial charge in [-0.05, 0) is 25.1 Å². The second-order valence-electron chi connectivity index (χ2n) is 4.58. The van der Waals surface area contributed by atoms with Crippen molar-refractivity contribution in [2.24, 2.45) is 0 Å². The number of amides is 1. The van der Waals surface area contributed by atoms with Crippen LogP contribution in [-0.4, -0.2) is 35.9 Å². The number of hydrogen-bond acceptors (Lipinski definition) is 4. The first-order valence-electron chi connectivity index (χ1n) is 6.29. The van der Waals surface area contributed by atoms with Gasteiger partial charge in [-0.15, -0.1) is 0 Å². The molecule has 0 bridgehead atoms. The molecule has 0 aromatic heterocycles. The second-order valence-corrected chi connectivity index (χ2v) is 4.58. The summed E-state index contributed by atoms with van der Waals surface area (Å²) >= 11 is 0. The van der Waals surface area contributed by atoms with Crippen molar-refractivity contribution in [3.8, 4) is 5.75 Å². The summed E-state index contributed by atoms with van der Waals surface area (Å²) in [6.45, 7) is 1.94. The van der Waals surface area contributed by atoms with E-state index >= 15 is 0 Å². The largest absolute Gasteiger partial charge is 0.491 e. The van der Waals surface area contributed by atoms with Crippen molar-refractivity contribution in [1.82, 2.24) is 0 Å². The number of Topliss-reactive ketones (excluding diaryl/α,β-unsaturated/α-hetero) is 1. The van der Waals surface area contributed by atoms with E-state index in [1.54, 1.807) is 6.07 Å². The summed E-state index contributed by atoms with van der Waals surface area (Å²) in [4.78, 5) is 35.5. The number of nitrogens with zero attached hydrogens (tertiary/aromatic N) is 1. The number of carboxylic acid groups (broad SMARTS) is 1. The second kappa shape index (κ2) is 5.73. The molecule has 0 unspecified atom stereocenters. The predicted octanol–water partition coefficient (Wildman–Crippen LogP) is 1.48. The van der Waals surface area contributed by atoms with Crippen LogP contribution in [0.1, 0.15) is 30.1 Å². The van der Waals surface area contributed by atoms with Crippen molar-refractivity contribution < 1.29 is 24.2 Å². The number of aromatic carboxylic acids is 1. The normalized spacial score (nSPS) is 14.2. The molecular weight excluding hydrogens is 262 g/mol. The van der Waals surface area contributed by atoms with Crippen molar-refractivity contribution in [2.75, 3.05) is 18.1 Å². The average molecular weight is 277 g/mol. The smallest absolute Gasteiger partial charge is 0.335 e. The molecular formula is C14H15NO5. The Kier molecular flexibility index (Phi) is 4.02. The Labute approximate surface area is 115 Å². The van der Waals surface area contributed by atoms with Gasteiger partial charge >= 0.3 is 5.97 Å². The highest BCUT2D eigenvalue weighted by Gasteiger charge is 2.24. The fourth-order valence-corrected chi connectivity index (χ4v) is 2.02. The van der Waals surface area contributed by atoms with Crippen LogP contribution in [0.15, 0.2) is 18.2 Å². The molecule has 6 nitrogen and oxygen atoms in total. The molecule has 0 saturated heterocycles. The van der Waals surface area contributed by atoms with E-state index in [-0.39, 0.29) is 43.2 Å². The Bertz CT molecular complexity index is 567. The molecule has 0 radical (unpaired) electrons. The van der Waals surface area contributed by atoms with Gasteiger partial charge in [0.1, 0.15) is 11.5 Å². The lowest BCUT2D eigenvalue weighted by Gasteiger charge is -2.21. The molecule has 1 amide bonds. The third-order valence-electron chi connectivity index (χ3n) is 3.06. The Morgan fingerprint density at radius 1 is 1.40 bits per heavy atom. The topological polar surface area (TPSA) is 83.9 Å². The maximum atomic E-state index is 12.0. The lowest BCUT2D eigenvalue weighted by atomic mass is 10.1. The Morgan fingerprint density at radius 2 is 2.15 bits per heavy atom. The Balaban J connectivity index is 2.36. The van der Waals surface area contributed by atoms with Gasteiger partial charge in [-0.25, -0.2) is 4.79 Å². The van der Waals surface area contributed by atoms with Gasteiger partial charge in [0.2, 0.25) is 5.91 Å². The molecule has 0 atom stereocenters. The van der Waals surface area contributed by atoms with Gasteiger partial charge in [-0.1, -0.05) is 0 Å². The van der Waals surface area contributed by atoms with E-state index in [4.69, 9.17) is 9.84 Å². The van der Waals surface area contributed by atoms with Crippen LogP contribution >= 0.6 is 0 Å². The predicted molar refractivity (Wildman–Crippen MR) is 71.2 cm³/mol. The number of hydrogen-bond donors (Lipinski definition) is 1. The summed E-state index contributed by atoms with van der Waals surface area (Å²) in [5, 5.41) is 8.97. The van der Waals surface area contributed by atoms with Gasteiger partial charge in [0.05, 0.1) is 24.3 Å². The van der Waals surface area contributed by atoms with Crippen LogP contribution in [0.4, 0.5) is 5.69 Å². The van der Waals surface area contributed by atoms with Crippen molar-refractivity contribution in [3.63, 3.8) is 0 Å². The van der Waals surface area contributed by atoms with Crippen LogP contribution in [0.5, 0.6) is 5.75 Å². The number of ether oxygens (including phenoxy) is 1. The van der Waals surface area contributed by atoms with Crippen LogP contribution < -0.4 is 9.64 Å². The van der Waals surface area contributed by atoms with Gasteiger partial charge in [0, 0.05) is 13.0 Å². The third kappa shape index (κ3) is 2.96. The molecule has 2 rings (SSSR count). The fourth-order valence-electron chi connectivity index (χ4n) is 2.02. The van der Waals surface area contributed by atoms with Crippen molar-refractivity contribution >= 4 is 23.3 Å². The van der Waals surface area contributed by atoms with Crippen LogP contribution in [0.25, 0.3) is 0 Å². The van der Waals surface area contributed by atoms with Crippen molar-refractivity contribution in [3.05, 3.63) is 23.8 Å². The number of benzene rings is 1. The van der Waals surface area contributed by atoms with E-state index in [9.17, 15) is 14.4 Å². The number of ketones is 1. The standard InChI is InChI=1S/C14H15NO5/c1-9(16)4-6-15-11-3-2-10(14(18)19)8-12(11)20-7-5-13(15)17/h2-3,8H,4-7H2,1H3,(H,18,19). The van der Waals surface area contributed by atoms with E-state index in [2.05, 4.69) is 0 Å². The highest BCUT2D eigenvalue weighted by molar-refractivity contribution is 5.97. The lowest BCUT2D eigenvalue weighted by Crippen LogP contribution is -2.32.